The number of carbonyl (C=O) groups is 1. The molecule has 0 aliphatic carbocycles. The molecule has 82 valence electrons. The van der Waals surface area contributed by atoms with E-state index in [1.807, 2.05) is 0 Å². The van der Waals surface area contributed by atoms with Gasteiger partial charge in [0.2, 0.25) is 5.91 Å². The molecular formula is C10H19NO3. The average molecular weight is 201 g/mol. The van der Waals surface area contributed by atoms with Crippen LogP contribution in [0.15, 0.2) is 0 Å². The first kappa shape index (κ1) is 11.5. The van der Waals surface area contributed by atoms with E-state index >= 15 is 0 Å². The first-order valence-electron chi connectivity index (χ1n) is 4.92. The monoisotopic (exact) mass is 201 g/mol. The molecule has 0 radical (unpaired) electrons. The maximum atomic E-state index is 11.5. The van der Waals surface area contributed by atoms with Gasteiger partial charge in [0, 0.05) is 6.54 Å². The highest BCUT2D eigenvalue weighted by Gasteiger charge is 2.30. The Kier molecular flexibility index (Phi) is 3.50. The maximum Gasteiger partial charge on any atom is 0.248 e. The zero-order valence-corrected chi connectivity index (χ0v) is 9.12. The first-order chi connectivity index (χ1) is 6.44. The standard InChI is InChI=1S/C10H19NO3/c1-10(2,3)7-11-8(4-12)5-14-6-9(11)13/h8,12H,4-7H2,1-3H3. The van der Waals surface area contributed by atoms with Crippen LogP contribution in [0.1, 0.15) is 20.8 Å². The number of rotatable bonds is 2. The van der Waals surface area contributed by atoms with Crippen molar-refractivity contribution in [3.05, 3.63) is 0 Å². The van der Waals surface area contributed by atoms with Gasteiger partial charge in [0.05, 0.1) is 19.3 Å². The van der Waals surface area contributed by atoms with Crippen molar-refractivity contribution in [1.29, 1.82) is 0 Å². The van der Waals surface area contributed by atoms with E-state index < -0.39 is 0 Å². The van der Waals surface area contributed by atoms with Crippen LogP contribution in [0.5, 0.6) is 0 Å². The summed E-state index contributed by atoms with van der Waals surface area (Å²) in [5, 5.41) is 9.10. The largest absolute Gasteiger partial charge is 0.394 e. The third-order valence-electron chi connectivity index (χ3n) is 2.15. The number of ether oxygens (including phenoxy) is 1. The molecule has 4 nitrogen and oxygen atoms in total. The molecule has 4 heteroatoms. The lowest BCUT2D eigenvalue weighted by atomic mass is 9.95. The quantitative estimate of drug-likeness (QED) is 0.697. The molecule has 0 saturated carbocycles. The van der Waals surface area contributed by atoms with Gasteiger partial charge < -0.3 is 14.7 Å². The van der Waals surface area contributed by atoms with Gasteiger partial charge in [0.25, 0.3) is 0 Å². The van der Waals surface area contributed by atoms with Gasteiger partial charge in [-0.3, -0.25) is 4.79 Å². The normalized spacial score (nSPS) is 24.1. The summed E-state index contributed by atoms with van der Waals surface area (Å²) < 4.78 is 5.08. The van der Waals surface area contributed by atoms with E-state index in [0.29, 0.717) is 13.2 Å². The molecule has 1 heterocycles. The SMILES string of the molecule is CC(C)(C)CN1C(=O)COCC1CO. The first-order valence-corrected chi connectivity index (χ1v) is 4.92. The third-order valence-corrected chi connectivity index (χ3v) is 2.15. The van der Waals surface area contributed by atoms with Crippen molar-refractivity contribution in [2.45, 2.75) is 26.8 Å². The van der Waals surface area contributed by atoms with E-state index in [4.69, 9.17) is 9.84 Å². The zero-order chi connectivity index (χ0) is 10.8. The Morgan fingerprint density at radius 2 is 2.21 bits per heavy atom. The van der Waals surface area contributed by atoms with Gasteiger partial charge in [-0.2, -0.15) is 0 Å². The summed E-state index contributed by atoms with van der Waals surface area (Å²) in [5.74, 6) is -0.0229. The number of aliphatic hydroxyl groups excluding tert-OH is 1. The molecule has 14 heavy (non-hydrogen) atoms. The summed E-state index contributed by atoms with van der Waals surface area (Å²) in [6, 6.07) is -0.171. The Hall–Kier alpha value is -0.610. The predicted molar refractivity (Wildman–Crippen MR) is 52.9 cm³/mol. The van der Waals surface area contributed by atoms with Crippen LogP contribution in [0.4, 0.5) is 0 Å². The van der Waals surface area contributed by atoms with Crippen LogP contribution in [-0.2, 0) is 9.53 Å². The van der Waals surface area contributed by atoms with Gasteiger partial charge >= 0.3 is 0 Å². The summed E-state index contributed by atoms with van der Waals surface area (Å²) in [6.45, 7) is 7.45. The number of morpholine rings is 1. The van der Waals surface area contributed by atoms with E-state index in [-0.39, 0.29) is 30.6 Å². The van der Waals surface area contributed by atoms with Crippen LogP contribution >= 0.6 is 0 Å². The Bertz CT molecular complexity index is 210. The van der Waals surface area contributed by atoms with Crippen molar-refractivity contribution in [2.75, 3.05) is 26.4 Å². The molecule has 0 aromatic rings. The van der Waals surface area contributed by atoms with Gasteiger partial charge in [-0.15, -0.1) is 0 Å². The van der Waals surface area contributed by atoms with E-state index in [1.165, 1.54) is 0 Å². The molecule has 1 N–H and O–H groups in total. The van der Waals surface area contributed by atoms with Crippen molar-refractivity contribution in [3.63, 3.8) is 0 Å². The van der Waals surface area contributed by atoms with E-state index in [2.05, 4.69) is 20.8 Å². The Morgan fingerprint density at radius 1 is 1.57 bits per heavy atom. The number of amides is 1. The van der Waals surface area contributed by atoms with Crippen LogP contribution < -0.4 is 0 Å². The summed E-state index contributed by atoms with van der Waals surface area (Å²) in [7, 11) is 0. The van der Waals surface area contributed by atoms with Gasteiger partial charge in [0.1, 0.15) is 6.61 Å². The van der Waals surface area contributed by atoms with Crippen LogP contribution in [0.25, 0.3) is 0 Å². The fraction of sp³-hybridized carbons (Fsp3) is 0.900. The highest BCUT2D eigenvalue weighted by atomic mass is 16.5. The van der Waals surface area contributed by atoms with Crippen molar-refractivity contribution < 1.29 is 14.6 Å². The molecule has 1 amide bonds. The molecule has 0 aromatic carbocycles. The molecule has 0 bridgehead atoms. The molecule has 1 aliphatic heterocycles. The molecule has 1 aliphatic rings. The molecule has 1 unspecified atom stereocenters. The van der Waals surface area contributed by atoms with Gasteiger partial charge in [0.15, 0.2) is 0 Å². The summed E-state index contributed by atoms with van der Waals surface area (Å²) in [6.07, 6.45) is 0. The number of hydrogen-bond donors (Lipinski definition) is 1. The molecule has 0 aromatic heterocycles. The summed E-state index contributed by atoms with van der Waals surface area (Å²) >= 11 is 0. The Morgan fingerprint density at radius 3 is 2.71 bits per heavy atom. The highest BCUT2D eigenvalue weighted by molar-refractivity contribution is 5.78. The van der Waals surface area contributed by atoms with Crippen LogP contribution in [0, 0.1) is 5.41 Å². The topological polar surface area (TPSA) is 49.8 Å². The van der Waals surface area contributed by atoms with Crippen LogP contribution in [0.2, 0.25) is 0 Å². The predicted octanol–water partition coefficient (Wildman–Crippen LogP) is 0.252. The van der Waals surface area contributed by atoms with E-state index in [0.717, 1.165) is 0 Å². The molecular weight excluding hydrogens is 182 g/mol. The van der Waals surface area contributed by atoms with Crippen molar-refractivity contribution >= 4 is 5.91 Å². The van der Waals surface area contributed by atoms with Gasteiger partial charge in [-0.1, -0.05) is 20.8 Å². The summed E-state index contributed by atoms with van der Waals surface area (Å²) in [5.41, 5.74) is 0.0560. The molecule has 1 fully saturated rings. The lowest BCUT2D eigenvalue weighted by molar-refractivity contribution is -0.152. The molecule has 1 saturated heterocycles. The fourth-order valence-corrected chi connectivity index (χ4v) is 1.54. The highest BCUT2D eigenvalue weighted by Crippen LogP contribution is 2.19. The second-order valence-corrected chi connectivity index (χ2v) is 4.93. The van der Waals surface area contributed by atoms with Gasteiger partial charge in [-0.05, 0) is 5.41 Å². The zero-order valence-electron chi connectivity index (χ0n) is 9.12. The number of carbonyl (C=O) groups excluding carboxylic acids is 1. The lowest BCUT2D eigenvalue weighted by Gasteiger charge is -2.38. The molecule has 1 atom stereocenters. The lowest BCUT2D eigenvalue weighted by Crippen LogP contribution is -2.53. The number of aliphatic hydroxyl groups is 1. The minimum Gasteiger partial charge on any atom is -0.394 e. The number of nitrogens with zero attached hydrogens (tertiary/aromatic N) is 1. The number of hydrogen-bond acceptors (Lipinski definition) is 3. The van der Waals surface area contributed by atoms with E-state index in [9.17, 15) is 4.79 Å². The average Bonchev–Trinajstić information content (AvgIpc) is 2.06. The molecule has 1 rings (SSSR count). The smallest absolute Gasteiger partial charge is 0.248 e. The maximum absolute atomic E-state index is 11.5. The van der Waals surface area contributed by atoms with Crippen molar-refractivity contribution in [3.8, 4) is 0 Å². The Balaban J connectivity index is 2.64. The minimum atomic E-state index is -0.171. The summed E-state index contributed by atoms with van der Waals surface area (Å²) in [4.78, 5) is 13.3. The Labute approximate surface area is 84.8 Å². The second kappa shape index (κ2) is 4.28. The minimum absolute atomic E-state index is 0.0229. The third kappa shape index (κ3) is 2.96. The van der Waals surface area contributed by atoms with Crippen molar-refractivity contribution in [2.24, 2.45) is 5.41 Å². The van der Waals surface area contributed by atoms with Crippen LogP contribution in [-0.4, -0.2) is 48.3 Å². The fourth-order valence-electron chi connectivity index (χ4n) is 1.54. The van der Waals surface area contributed by atoms with Gasteiger partial charge in [-0.25, -0.2) is 0 Å². The van der Waals surface area contributed by atoms with Crippen LogP contribution in [0.3, 0.4) is 0 Å². The molecule has 0 spiro atoms. The van der Waals surface area contributed by atoms with E-state index in [1.54, 1.807) is 4.90 Å². The van der Waals surface area contributed by atoms with Crippen molar-refractivity contribution in [1.82, 2.24) is 4.90 Å². The second-order valence-electron chi connectivity index (χ2n) is 4.93.